The fourth-order valence-electron chi connectivity index (χ4n) is 1.52. The molecule has 0 spiro atoms. The molecule has 1 aromatic rings. The van der Waals surface area contributed by atoms with Crippen LogP contribution < -0.4 is 5.69 Å². The summed E-state index contributed by atoms with van der Waals surface area (Å²) in [4.78, 5) is 14.0. The molecule has 1 unspecified atom stereocenters. The van der Waals surface area contributed by atoms with Gasteiger partial charge in [0, 0.05) is 12.2 Å². The lowest BCUT2D eigenvalue weighted by molar-refractivity contribution is 0.0341. The molecule has 4 nitrogen and oxygen atoms in total. The number of aromatic nitrogens is 2. The largest absolute Gasteiger partial charge is 0.364 e. The minimum absolute atomic E-state index is 0.236. The summed E-state index contributed by atoms with van der Waals surface area (Å²) in [5.41, 5.74) is -0.330. The maximum absolute atomic E-state index is 11.5. The van der Waals surface area contributed by atoms with Crippen molar-refractivity contribution in [1.29, 1.82) is 0 Å². The van der Waals surface area contributed by atoms with Gasteiger partial charge in [-0.25, -0.2) is 4.79 Å². The first kappa shape index (κ1) is 10.9. The third-order valence-electron chi connectivity index (χ3n) is 2.26. The van der Waals surface area contributed by atoms with Crippen LogP contribution >= 0.6 is 23.8 Å². The normalized spacial score (nSPS) is 25.7. The summed E-state index contributed by atoms with van der Waals surface area (Å²) in [6.07, 6.45) is 2.55. The number of rotatable bonds is 1. The molecule has 1 saturated heterocycles. The van der Waals surface area contributed by atoms with Crippen LogP contribution in [0.4, 0.5) is 0 Å². The number of nitrogens with one attached hydrogen (secondary N) is 1. The number of H-pyrrole nitrogens is 1. The van der Waals surface area contributed by atoms with Crippen molar-refractivity contribution in [3.63, 3.8) is 0 Å². The van der Waals surface area contributed by atoms with Gasteiger partial charge in [0.1, 0.15) is 18.7 Å². The molecule has 1 aliphatic heterocycles. The Morgan fingerprint density at radius 1 is 1.67 bits per heavy atom. The van der Waals surface area contributed by atoms with Gasteiger partial charge < -0.3 is 4.74 Å². The first-order valence-corrected chi connectivity index (χ1v) is 5.28. The van der Waals surface area contributed by atoms with Crippen molar-refractivity contribution in [2.75, 3.05) is 0 Å². The number of hydrogen-bond donors (Lipinski definition) is 1. The maximum atomic E-state index is 11.5. The zero-order valence-electron chi connectivity index (χ0n) is 7.77. The standard InChI is InChI=1S/C8H8BClN2O2S/c9-5-1-2-6(14-5)12-3-4(10)7(15)11-8(12)13/h3,5-6H,1-2H2,(H,11,13,15)/t5-,6?/m0/s1. The van der Waals surface area contributed by atoms with Gasteiger partial charge in [-0.15, -0.1) is 0 Å². The molecule has 1 aromatic heterocycles. The van der Waals surface area contributed by atoms with E-state index in [2.05, 4.69) is 4.98 Å². The van der Waals surface area contributed by atoms with E-state index in [1.165, 1.54) is 10.8 Å². The van der Waals surface area contributed by atoms with Crippen molar-refractivity contribution in [3.05, 3.63) is 26.3 Å². The van der Waals surface area contributed by atoms with Gasteiger partial charge in [0.15, 0.2) is 0 Å². The second-order valence-corrected chi connectivity index (χ2v) is 4.17. The Morgan fingerprint density at radius 2 is 2.40 bits per heavy atom. The summed E-state index contributed by atoms with van der Waals surface area (Å²) in [7, 11) is 5.58. The van der Waals surface area contributed by atoms with Crippen LogP contribution in [0.25, 0.3) is 0 Å². The minimum atomic E-state index is -0.350. The van der Waals surface area contributed by atoms with Crippen LogP contribution in [0.5, 0.6) is 0 Å². The van der Waals surface area contributed by atoms with Gasteiger partial charge in [-0.2, -0.15) is 0 Å². The van der Waals surface area contributed by atoms with Crippen LogP contribution in [0.2, 0.25) is 5.02 Å². The van der Waals surface area contributed by atoms with E-state index >= 15 is 0 Å². The minimum Gasteiger partial charge on any atom is -0.364 e. The monoisotopic (exact) mass is 242 g/mol. The van der Waals surface area contributed by atoms with E-state index in [0.29, 0.717) is 11.4 Å². The molecule has 0 aromatic carbocycles. The van der Waals surface area contributed by atoms with Gasteiger partial charge in [0.05, 0.1) is 5.02 Å². The fraction of sp³-hybridized carbons (Fsp3) is 0.500. The van der Waals surface area contributed by atoms with Gasteiger partial charge >= 0.3 is 5.69 Å². The molecular formula is C8H8BClN2O2S. The number of nitrogens with zero attached hydrogens (tertiary/aromatic N) is 1. The summed E-state index contributed by atoms with van der Waals surface area (Å²) in [6.45, 7) is 0. The number of hydrogen-bond acceptors (Lipinski definition) is 3. The van der Waals surface area contributed by atoms with Gasteiger partial charge in [-0.1, -0.05) is 23.8 Å². The highest BCUT2D eigenvalue weighted by molar-refractivity contribution is 7.71. The molecule has 1 fully saturated rings. The molecule has 0 bridgehead atoms. The average molecular weight is 242 g/mol. The highest BCUT2D eigenvalue weighted by Crippen LogP contribution is 2.25. The predicted molar refractivity (Wildman–Crippen MR) is 59.8 cm³/mol. The molecule has 0 aliphatic carbocycles. The molecule has 2 rings (SSSR count). The van der Waals surface area contributed by atoms with Crippen LogP contribution in [0.15, 0.2) is 11.0 Å². The lowest BCUT2D eigenvalue weighted by Gasteiger charge is -2.14. The Labute approximate surface area is 97.6 Å². The summed E-state index contributed by atoms with van der Waals surface area (Å²) < 4.78 is 6.97. The summed E-state index contributed by atoms with van der Waals surface area (Å²) in [5.74, 6) is 0. The Hall–Kier alpha value is -0.585. The molecule has 0 saturated carbocycles. The number of aromatic amines is 1. The zero-order chi connectivity index (χ0) is 11.0. The first-order valence-electron chi connectivity index (χ1n) is 4.50. The van der Waals surface area contributed by atoms with E-state index in [4.69, 9.17) is 36.4 Å². The summed E-state index contributed by atoms with van der Waals surface area (Å²) >= 11 is 10.7. The third kappa shape index (κ3) is 2.16. The maximum Gasteiger partial charge on any atom is 0.328 e. The van der Waals surface area contributed by atoms with Crippen molar-refractivity contribution in [2.24, 2.45) is 0 Å². The quantitative estimate of drug-likeness (QED) is 0.597. The third-order valence-corrected chi connectivity index (χ3v) is 2.99. The lowest BCUT2D eigenvalue weighted by atomic mass is 9.98. The van der Waals surface area contributed by atoms with Crippen molar-refractivity contribution < 1.29 is 4.74 Å². The van der Waals surface area contributed by atoms with Gasteiger partial charge in [0.25, 0.3) is 0 Å². The van der Waals surface area contributed by atoms with E-state index in [0.717, 1.165) is 6.42 Å². The van der Waals surface area contributed by atoms with Crippen LogP contribution in [0.1, 0.15) is 19.1 Å². The predicted octanol–water partition coefficient (Wildman–Crippen LogP) is 1.36. The molecule has 0 amide bonds. The Kier molecular flexibility index (Phi) is 3.00. The second-order valence-electron chi connectivity index (χ2n) is 3.35. The topological polar surface area (TPSA) is 47.0 Å². The SMILES string of the molecule is [B][C@@H]1CCC(n2cc(Cl)c(=S)[nH]c2=O)O1. The fourth-order valence-corrected chi connectivity index (χ4v) is 1.82. The van der Waals surface area contributed by atoms with Crippen molar-refractivity contribution in [1.82, 2.24) is 9.55 Å². The Balaban J connectivity index is 2.41. The second kappa shape index (κ2) is 4.12. The van der Waals surface area contributed by atoms with Crippen LogP contribution in [0.3, 0.4) is 0 Å². The first-order chi connectivity index (χ1) is 7.08. The van der Waals surface area contributed by atoms with Crippen molar-refractivity contribution in [3.8, 4) is 0 Å². The summed E-state index contributed by atoms with van der Waals surface area (Å²) in [6, 6.07) is -0.316. The molecule has 2 heterocycles. The van der Waals surface area contributed by atoms with Gasteiger partial charge in [-0.3, -0.25) is 9.55 Å². The molecule has 1 N–H and O–H groups in total. The van der Waals surface area contributed by atoms with E-state index in [1.807, 2.05) is 0 Å². The molecule has 2 atom stereocenters. The van der Waals surface area contributed by atoms with E-state index in [9.17, 15) is 4.79 Å². The zero-order valence-corrected chi connectivity index (χ0v) is 9.35. The van der Waals surface area contributed by atoms with E-state index in [1.54, 1.807) is 0 Å². The van der Waals surface area contributed by atoms with E-state index < -0.39 is 0 Å². The van der Waals surface area contributed by atoms with Crippen LogP contribution in [-0.2, 0) is 4.74 Å². The molecule has 15 heavy (non-hydrogen) atoms. The van der Waals surface area contributed by atoms with Gasteiger partial charge in [-0.05, 0) is 12.8 Å². The van der Waals surface area contributed by atoms with Gasteiger partial charge in [0.2, 0.25) is 0 Å². The molecule has 7 heteroatoms. The average Bonchev–Trinajstić information content (AvgIpc) is 2.58. The van der Waals surface area contributed by atoms with Crippen LogP contribution in [0, 0.1) is 4.64 Å². The Bertz CT molecular complexity index is 486. The van der Waals surface area contributed by atoms with E-state index in [-0.39, 0.29) is 22.6 Å². The highest BCUT2D eigenvalue weighted by atomic mass is 35.5. The molecule has 78 valence electrons. The number of halogens is 1. The lowest BCUT2D eigenvalue weighted by Crippen LogP contribution is -2.27. The van der Waals surface area contributed by atoms with Crippen molar-refractivity contribution >= 4 is 31.7 Å². The molecule has 2 radical (unpaired) electrons. The highest BCUT2D eigenvalue weighted by Gasteiger charge is 2.23. The number of ether oxygens (including phenoxy) is 1. The van der Waals surface area contributed by atoms with Crippen LogP contribution in [-0.4, -0.2) is 23.4 Å². The smallest absolute Gasteiger partial charge is 0.328 e. The molecular weight excluding hydrogens is 234 g/mol. The Morgan fingerprint density at radius 3 is 3.00 bits per heavy atom. The molecule has 1 aliphatic rings. The van der Waals surface area contributed by atoms with Crippen molar-refractivity contribution in [2.45, 2.75) is 25.1 Å². The summed E-state index contributed by atoms with van der Waals surface area (Å²) in [5, 5.41) is 0.327.